The van der Waals surface area contributed by atoms with Crippen LogP contribution in [0, 0.1) is 21.4 Å². The van der Waals surface area contributed by atoms with Crippen molar-refractivity contribution in [1.29, 1.82) is 5.26 Å². The summed E-state index contributed by atoms with van der Waals surface area (Å²) < 4.78 is 10.8. The van der Waals surface area contributed by atoms with Crippen LogP contribution in [0.2, 0.25) is 0 Å². The van der Waals surface area contributed by atoms with Crippen LogP contribution in [-0.2, 0) is 6.54 Å². The number of hydrogen-bond acceptors (Lipinski definition) is 6. The highest BCUT2D eigenvalue weighted by atomic mass is 16.6. The summed E-state index contributed by atoms with van der Waals surface area (Å²) in [5.74, 6) is 1.31. The van der Waals surface area contributed by atoms with Crippen molar-refractivity contribution in [2.45, 2.75) is 13.5 Å². The summed E-state index contributed by atoms with van der Waals surface area (Å²) in [6.07, 6.45) is 0. The van der Waals surface area contributed by atoms with E-state index >= 15 is 0 Å². The van der Waals surface area contributed by atoms with Gasteiger partial charge in [-0.15, -0.1) is 0 Å². The molecule has 0 amide bonds. The lowest BCUT2D eigenvalue weighted by Gasteiger charge is -2.21. The van der Waals surface area contributed by atoms with Gasteiger partial charge in [0, 0.05) is 25.7 Å². The highest BCUT2D eigenvalue weighted by Gasteiger charge is 2.14. The van der Waals surface area contributed by atoms with Gasteiger partial charge < -0.3 is 14.4 Å². The Balaban J connectivity index is 2.26. The molecule has 0 heterocycles. The number of nitro groups is 1. The van der Waals surface area contributed by atoms with E-state index in [1.165, 1.54) is 12.1 Å². The minimum Gasteiger partial charge on any atom is -0.493 e. The molecule has 0 radical (unpaired) electrons. The highest BCUT2D eigenvalue weighted by molar-refractivity contribution is 5.62. The molecule has 7 heteroatoms. The van der Waals surface area contributed by atoms with E-state index in [2.05, 4.69) is 0 Å². The van der Waals surface area contributed by atoms with Crippen LogP contribution in [0.5, 0.6) is 11.5 Å². The average Bonchev–Trinajstić information content (AvgIpc) is 2.62. The molecule has 0 fully saturated rings. The predicted molar refractivity (Wildman–Crippen MR) is 94.1 cm³/mol. The lowest BCUT2D eigenvalue weighted by atomic mass is 10.1. The topological polar surface area (TPSA) is 88.6 Å². The van der Waals surface area contributed by atoms with E-state index in [0.29, 0.717) is 30.3 Å². The van der Waals surface area contributed by atoms with Crippen LogP contribution in [-0.4, -0.2) is 25.7 Å². The second kappa shape index (κ2) is 8.02. The van der Waals surface area contributed by atoms with Crippen LogP contribution >= 0.6 is 0 Å². The standard InChI is InChI=1S/C18H19N3O4/c1-4-25-17-8-5-13(9-18(17)24-3)12-20(2)16-7-6-15(21(22)23)10-14(16)11-19/h5-10H,4,12H2,1-3H3. The van der Waals surface area contributed by atoms with Crippen molar-refractivity contribution in [2.24, 2.45) is 0 Å². The van der Waals surface area contributed by atoms with E-state index in [0.717, 1.165) is 5.56 Å². The van der Waals surface area contributed by atoms with Crippen LogP contribution in [0.1, 0.15) is 18.1 Å². The molecule has 0 atom stereocenters. The summed E-state index contributed by atoms with van der Waals surface area (Å²) in [5, 5.41) is 20.1. The Bertz CT molecular complexity index is 814. The summed E-state index contributed by atoms with van der Waals surface area (Å²) >= 11 is 0. The fourth-order valence-corrected chi connectivity index (χ4v) is 2.50. The second-order valence-electron chi connectivity index (χ2n) is 5.34. The maximum Gasteiger partial charge on any atom is 0.270 e. The second-order valence-corrected chi connectivity index (χ2v) is 5.34. The molecule has 0 bridgehead atoms. The Morgan fingerprint density at radius 3 is 2.60 bits per heavy atom. The van der Waals surface area contributed by atoms with Gasteiger partial charge in [0.15, 0.2) is 11.5 Å². The van der Waals surface area contributed by atoms with Crippen molar-refractivity contribution in [2.75, 3.05) is 25.7 Å². The first-order chi connectivity index (χ1) is 12.0. The zero-order chi connectivity index (χ0) is 18.4. The number of ether oxygens (including phenoxy) is 2. The first-order valence-corrected chi connectivity index (χ1v) is 7.69. The molecule has 2 aromatic rings. The molecular formula is C18H19N3O4. The Morgan fingerprint density at radius 2 is 2.00 bits per heavy atom. The Morgan fingerprint density at radius 1 is 1.24 bits per heavy atom. The Kier molecular flexibility index (Phi) is 5.79. The predicted octanol–water partition coefficient (Wildman–Crippen LogP) is 3.51. The Labute approximate surface area is 146 Å². The van der Waals surface area contributed by atoms with Gasteiger partial charge in [-0.3, -0.25) is 10.1 Å². The molecule has 25 heavy (non-hydrogen) atoms. The fraction of sp³-hybridized carbons (Fsp3) is 0.278. The van der Waals surface area contributed by atoms with Crippen LogP contribution < -0.4 is 14.4 Å². The zero-order valence-electron chi connectivity index (χ0n) is 14.4. The van der Waals surface area contributed by atoms with E-state index in [-0.39, 0.29) is 11.3 Å². The number of anilines is 1. The molecule has 2 rings (SSSR count). The van der Waals surface area contributed by atoms with Crippen LogP contribution in [0.15, 0.2) is 36.4 Å². The van der Waals surface area contributed by atoms with E-state index in [1.54, 1.807) is 13.2 Å². The third kappa shape index (κ3) is 4.18. The molecule has 2 aromatic carbocycles. The number of nitrogens with zero attached hydrogens (tertiary/aromatic N) is 3. The first-order valence-electron chi connectivity index (χ1n) is 7.69. The van der Waals surface area contributed by atoms with Crippen molar-refractivity contribution in [3.63, 3.8) is 0 Å². The van der Waals surface area contributed by atoms with Crippen LogP contribution in [0.4, 0.5) is 11.4 Å². The minimum absolute atomic E-state index is 0.101. The molecule has 0 aliphatic carbocycles. The molecular weight excluding hydrogens is 322 g/mol. The monoisotopic (exact) mass is 341 g/mol. The summed E-state index contributed by atoms with van der Waals surface area (Å²) in [6, 6.07) is 11.9. The Hall–Kier alpha value is -3.27. The van der Waals surface area contributed by atoms with E-state index in [1.807, 2.05) is 43.1 Å². The van der Waals surface area contributed by atoms with Gasteiger partial charge in [0.2, 0.25) is 0 Å². The molecule has 7 nitrogen and oxygen atoms in total. The van der Waals surface area contributed by atoms with Crippen molar-refractivity contribution < 1.29 is 14.4 Å². The molecule has 0 unspecified atom stereocenters. The van der Waals surface area contributed by atoms with Gasteiger partial charge in [-0.2, -0.15) is 5.26 Å². The maximum absolute atomic E-state index is 10.9. The van der Waals surface area contributed by atoms with E-state index < -0.39 is 4.92 Å². The van der Waals surface area contributed by atoms with E-state index in [9.17, 15) is 15.4 Å². The lowest BCUT2D eigenvalue weighted by Crippen LogP contribution is -2.17. The van der Waals surface area contributed by atoms with Crippen LogP contribution in [0.25, 0.3) is 0 Å². The van der Waals surface area contributed by atoms with Gasteiger partial charge in [0.25, 0.3) is 5.69 Å². The van der Waals surface area contributed by atoms with Gasteiger partial charge in [-0.1, -0.05) is 6.07 Å². The summed E-state index contributed by atoms with van der Waals surface area (Å²) in [5.41, 5.74) is 1.75. The van der Waals surface area contributed by atoms with Gasteiger partial charge in [-0.25, -0.2) is 0 Å². The smallest absolute Gasteiger partial charge is 0.270 e. The number of nitro benzene ring substituents is 1. The van der Waals surface area contributed by atoms with Crippen molar-refractivity contribution in [3.8, 4) is 17.6 Å². The molecule has 0 aliphatic heterocycles. The van der Waals surface area contributed by atoms with Crippen molar-refractivity contribution in [3.05, 3.63) is 57.6 Å². The molecule has 130 valence electrons. The van der Waals surface area contributed by atoms with Gasteiger partial charge in [0.1, 0.15) is 6.07 Å². The van der Waals surface area contributed by atoms with Crippen molar-refractivity contribution >= 4 is 11.4 Å². The number of benzene rings is 2. The molecule has 0 aliphatic rings. The number of rotatable bonds is 7. The third-order valence-electron chi connectivity index (χ3n) is 3.67. The van der Waals surface area contributed by atoms with Crippen molar-refractivity contribution in [1.82, 2.24) is 0 Å². The number of non-ortho nitro benzene ring substituents is 1. The first kappa shape index (κ1) is 18.1. The fourth-order valence-electron chi connectivity index (χ4n) is 2.50. The number of hydrogen-bond donors (Lipinski definition) is 0. The van der Waals surface area contributed by atoms with Crippen LogP contribution in [0.3, 0.4) is 0 Å². The molecule has 0 aromatic heterocycles. The molecule has 0 saturated carbocycles. The largest absolute Gasteiger partial charge is 0.493 e. The summed E-state index contributed by atoms with van der Waals surface area (Å²) in [4.78, 5) is 12.2. The van der Waals surface area contributed by atoms with E-state index in [4.69, 9.17) is 9.47 Å². The summed E-state index contributed by atoms with van der Waals surface area (Å²) in [6.45, 7) is 2.96. The van der Waals surface area contributed by atoms with Gasteiger partial charge in [0.05, 0.1) is 29.9 Å². The number of methoxy groups -OCH3 is 1. The third-order valence-corrected chi connectivity index (χ3v) is 3.67. The maximum atomic E-state index is 10.9. The lowest BCUT2D eigenvalue weighted by molar-refractivity contribution is -0.384. The molecule has 0 spiro atoms. The zero-order valence-corrected chi connectivity index (χ0v) is 14.4. The average molecular weight is 341 g/mol. The molecule has 0 saturated heterocycles. The molecule has 0 N–H and O–H groups in total. The quantitative estimate of drug-likeness (QED) is 0.565. The van der Waals surface area contributed by atoms with Gasteiger partial charge in [-0.05, 0) is 30.7 Å². The number of nitriles is 1. The normalized spacial score (nSPS) is 10.0. The highest BCUT2D eigenvalue weighted by Crippen LogP contribution is 2.30. The van der Waals surface area contributed by atoms with Gasteiger partial charge >= 0.3 is 0 Å². The minimum atomic E-state index is -0.512. The summed E-state index contributed by atoms with van der Waals surface area (Å²) in [7, 11) is 3.40. The SMILES string of the molecule is CCOc1ccc(CN(C)c2ccc([N+](=O)[O-])cc2C#N)cc1OC.